The van der Waals surface area contributed by atoms with Crippen molar-refractivity contribution in [3.63, 3.8) is 0 Å². The van der Waals surface area contributed by atoms with E-state index in [4.69, 9.17) is 18.6 Å². The van der Waals surface area contributed by atoms with Crippen LogP contribution in [0.5, 0.6) is 17.2 Å². The minimum atomic E-state index is -0.386. The van der Waals surface area contributed by atoms with Gasteiger partial charge in [0.15, 0.2) is 11.5 Å². The standard InChI is InChI=1S/C20H18O5/c1-12(14-6-5-13-7-8-19(21)25-16(13)9-14)15-10-17(22-2)20(24-4)18(11-15)23-3/h5-11H,1H2,2-4H3. The van der Waals surface area contributed by atoms with Gasteiger partial charge in [0.25, 0.3) is 0 Å². The van der Waals surface area contributed by atoms with Gasteiger partial charge in [-0.1, -0.05) is 18.7 Å². The number of methoxy groups -OCH3 is 3. The van der Waals surface area contributed by atoms with Crippen molar-refractivity contribution >= 4 is 16.5 Å². The van der Waals surface area contributed by atoms with E-state index in [1.165, 1.54) is 6.07 Å². The predicted octanol–water partition coefficient (Wildman–Crippen LogP) is 3.88. The molecule has 0 aliphatic rings. The van der Waals surface area contributed by atoms with Crippen LogP contribution in [0.25, 0.3) is 16.5 Å². The molecule has 0 N–H and O–H groups in total. The van der Waals surface area contributed by atoms with E-state index in [9.17, 15) is 4.79 Å². The fourth-order valence-electron chi connectivity index (χ4n) is 2.67. The van der Waals surface area contributed by atoms with Crippen molar-refractivity contribution in [3.05, 3.63) is 70.6 Å². The Balaban J connectivity index is 2.10. The van der Waals surface area contributed by atoms with Crippen molar-refractivity contribution in [2.24, 2.45) is 0 Å². The van der Waals surface area contributed by atoms with Gasteiger partial charge in [-0.25, -0.2) is 4.79 Å². The second-order valence-electron chi connectivity index (χ2n) is 5.40. The largest absolute Gasteiger partial charge is 0.493 e. The van der Waals surface area contributed by atoms with Gasteiger partial charge < -0.3 is 18.6 Å². The van der Waals surface area contributed by atoms with Crippen molar-refractivity contribution in [3.8, 4) is 17.2 Å². The lowest BCUT2D eigenvalue weighted by Crippen LogP contribution is -1.98. The minimum absolute atomic E-state index is 0.386. The van der Waals surface area contributed by atoms with Crippen LogP contribution in [-0.2, 0) is 0 Å². The summed E-state index contributed by atoms with van der Waals surface area (Å²) in [6, 6.07) is 12.4. The summed E-state index contributed by atoms with van der Waals surface area (Å²) in [4.78, 5) is 11.4. The molecule has 0 radical (unpaired) electrons. The van der Waals surface area contributed by atoms with Crippen molar-refractivity contribution in [2.75, 3.05) is 21.3 Å². The number of hydrogen-bond donors (Lipinski definition) is 0. The maximum Gasteiger partial charge on any atom is 0.336 e. The van der Waals surface area contributed by atoms with Crippen LogP contribution in [0, 0.1) is 0 Å². The van der Waals surface area contributed by atoms with E-state index in [1.807, 2.05) is 24.3 Å². The highest BCUT2D eigenvalue weighted by molar-refractivity contribution is 5.86. The summed E-state index contributed by atoms with van der Waals surface area (Å²) in [5, 5.41) is 0.848. The topological polar surface area (TPSA) is 57.9 Å². The molecular formula is C20H18O5. The third kappa shape index (κ3) is 3.08. The highest BCUT2D eigenvalue weighted by Crippen LogP contribution is 2.40. The predicted molar refractivity (Wildman–Crippen MR) is 96.7 cm³/mol. The first-order valence-electron chi connectivity index (χ1n) is 7.61. The van der Waals surface area contributed by atoms with Gasteiger partial charge in [0.05, 0.1) is 21.3 Å². The molecule has 1 heterocycles. The van der Waals surface area contributed by atoms with E-state index in [1.54, 1.807) is 33.5 Å². The SMILES string of the molecule is C=C(c1cc(OC)c(OC)c(OC)c1)c1ccc2ccc(=O)oc2c1. The summed E-state index contributed by atoms with van der Waals surface area (Å²) < 4.78 is 21.4. The summed E-state index contributed by atoms with van der Waals surface area (Å²) in [5.74, 6) is 1.61. The third-order valence-electron chi connectivity index (χ3n) is 3.98. The first kappa shape index (κ1) is 16.6. The van der Waals surface area contributed by atoms with E-state index in [-0.39, 0.29) is 5.63 Å². The normalized spacial score (nSPS) is 10.5. The van der Waals surface area contributed by atoms with Crippen LogP contribution in [0.1, 0.15) is 11.1 Å². The molecule has 0 bridgehead atoms. The first-order chi connectivity index (χ1) is 12.1. The Morgan fingerprint density at radius 1 is 0.880 bits per heavy atom. The van der Waals surface area contributed by atoms with Crippen molar-refractivity contribution in [2.45, 2.75) is 0 Å². The van der Waals surface area contributed by atoms with Crippen LogP contribution in [0.15, 0.2) is 58.3 Å². The minimum Gasteiger partial charge on any atom is -0.493 e. The Morgan fingerprint density at radius 3 is 2.12 bits per heavy atom. The number of benzene rings is 2. The summed E-state index contributed by atoms with van der Waals surface area (Å²) in [6.07, 6.45) is 0. The molecule has 0 atom stereocenters. The smallest absolute Gasteiger partial charge is 0.336 e. The van der Waals surface area contributed by atoms with Crippen LogP contribution in [0.3, 0.4) is 0 Å². The van der Waals surface area contributed by atoms with Crippen molar-refractivity contribution in [1.29, 1.82) is 0 Å². The van der Waals surface area contributed by atoms with Crippen molar-refractivity contribution in [1.82, 2.24) is 0 Å². The molecule has 2 aromatic carbocycles. The maximum absolute atomic E-state index is 11.4. The van der Waals surface area contributed by atoms with Crippen molar-refractivity contribution < 1.29 is 18.6 Å². The van der Waals surface area contributed by atoms with E-state index in [0.29, 0.717) is 22.8 Å². The van der Waals surface area contributed by atoms with Crippen LogP contribution in [0.2, 0.25) is 0 Å². The van der Waals surface area contributed by atoms with Gasteiger partial charge in [-0.2, -0.15) is 0 Å². The zero-order valence-electron chi connectivity index (χ0n) is 14.3. The number of rotatable bonds is 5. The molecule has 5 heteroatoms. The highest BCUT2D eigenvalue weighted by Gasteiger charge is 2.15. The lowest BCUT2D eigenvalue weighted by Gasteiger charge is -2.15. The molecule has 25 heavy (non-hydrogen) atoms. The summed E-state index contributed by atoms with van der Waals surface area (Å²) in [7, 11) is 4.68. The molecule has 0 aliphatic heterocycles. The lowest BCUT2D eigenvalue weighted by molar-refractivity contribution is 0.324. The summed E-state index contributed by atoms with van der Waals surface area (Å²) in [6.45, 7) is 4.16. The van der Waals surface area contributed by atoms with Gasteiger partial charge in [-0.3, -0.25) is 0 Å². The Kier molecular flexibility index (Phi) is 4.48. The number of hydrogen-bond acceptors (Lipinski definition) is 5. The summed E-state index contributed by atoms with van der Waals surface area (Å²) in [5.41, 5.74) is 2.51. The van der Waals surface area contributed by atoms with E-state index >= 15 is 0 Å². The molecule has 0 spiro atoms. The molecule has 1 aromatic heterocycles. The van der Waals surface area contributed by atoms with Gasteiger partial charge in [-0.05, 0) is 41.0 Å². The van der Waals surface area contributed by atoms with Crippen LogP contribution < -0.4 is 19.8 Å². The number of fused-ring (bicyclic) bond motifs is 1. The van der Waals surface area contributed by atoms with Crippen LogP contribution >= 0.6 is 0 Å². The Bertz CT molecular complexity index is 975. The monoisotopic (exact) mass is 338 g/mol. The van der Waals surface area contributed by atoms with Gasteiger partial charge in [-0.15, -0.1) is 0 Å². The molecular weight excluding hydrogens is 320 g/mol. The maximum atomic E-state index is 11.4. The molecule has 0 aliphatic carbocycles. The highest BCUT2D eigenvalue weighted by atomic mass is 16.5. The molecule has 0 amide bonds. The van der Waals surface area contributed by atoms with Crippen LogP contribution in [-0.4, -0.2) is 21.3 Å². The Labute approximate surface area is 145 Å². The molecule has 3 aromatic rings. The second kappa shape index (κ2) is 6.73. The fraction of sp³-hybridized carbons (Fsp3) is 0.150. The zero-order chi connectivity index (χ0) is 18.0. The lowest BCUT2D eigenvalue weighted by atomic mass is 9.98. The van der Waals surface area contributed by atoms with E-state index in [2.05, 4.69) is 6.58 Å². The van der Waals surface area contributed by atoms with Gasteiger partial charge in [0.2, 0.25) is 5.75 Å². The molecule has 0 saturated heterocycles. The van der Waals surface area contributed by atoms with Gasteiger partial charge in [0.1, 0.15) is 5.58 Å². The molecule has 0 saturated carbocycles. The quantitative estimate of drug-likeness (QED) is 0.661. The molecule has 3 rings (SSSR count). The second-order valence-corrected chi connectivity index (χ2v) is 5.40. The average molecular weight is 338 g/mol. The Morgan fingerprint density at radius 2 is 1.52 bits per heavy atom. The van der Waals surface area contributed by atoms with E-state index in [0.717, 1.165) is 22.1 Å². The zero-order valence-corrected chi connectivity index (χ0v) is 14.3. The summed E-state index contributed by atoms with van der Waals surface area (Å²) >= 11 is 0. The first-order valence-corrected chi connectivity index (χ1v) is 7.61. The third-order valence-corrected chi connectivity index (χ3v) is 3.98. The van der Waals surface area contributed by atoms with Gasteiger partial charge in [0, 0.05) is 11.5 Å². The molecule has 5 nitrogen and oxygen atoms in total. The average Bonchev–Trinajstić information content (AvgIpc) is 2.65. The van der Waals surface area contributed by atoms with E-state index < -0.39 is 0 Å². The molecule has 0 fully saturated rings. The van der Waals surface area contributed by atoms with Gasteiger partial charge >= 0.3 is 5.63 Å². The van der Waals surface area contributed by atoms with Crippen LogP contribution in [0.4, 0.5) is 0 Å². The Hall–Kier alpha value is -3.21. The fourth-order valence-corrected chi connectivity index (χ4v) is 2.67. The molecule has 0 unspecified atom stereocenters. The molecule has 128 valence electrons. The number of ether oxygens (including phenoxy) is 3.